The summed E-state index contributed by atoms with van der Waals surface area (Å²) in [5, 5.41) is 7.64. The number of carbonyl (C=O) groups excluding carboxylic acids is 3. The molecule has 3 N–H and O–H groups in total. The topological polar surface area (TPSA) is 96.5 Å². The van der Waals surface area contributed by atoms with Crippen LogP contribution in [0.5, 0.6) is 11.5 Å². The molecule has 0 radical (unpaired) electrons. The first-order valence-electron chi connectivity index (χ1n) is 8.82. The lowest BCUT2D eigenvalue weighted by molar-refractivity contribution is -0.132. The second-order valence-corrected chi connectivity index (χ2v) is 6.11. The Kier molecular flexibility index (Phi) is 6.22. The number of amides is 3. The van der Waals surface area contributed by atoms with Gasteiger partial charge in [-0.05, 0) is 60.7 Å². The van der Waals surface area contributed by atoms with Crippen LogP contribution in [0, 0.1) is 0 Å². The molecule has 0 aromatic heterocycles. The standard InChI is InChI=1S/C22H19N3O4/c1-15(26)23-16-7-9-17(10-8-16)24-21(27)22(28)25-18-11-13-20(14-12-18)29-19-5-3-2-4-6-19/h2-14H,1H3,(H,23,26)(H,24,27)(H,25,28). The highest BCUT2D eigenvalue weighted by molar-refractivity contribution is 6.43. The molecule has 0 heterocycles. The van der Waals surface area contributed by atoms with Gasteiger partial charge in [-0.3, -0.25) is 14.4 Å². The van der Waals surface area contributed by atoms with Crippen LogP contribution in [0.2, 0.25) is 0 Å². The van der Waals surface area contributed by atoms with Crippen LogP contribution in [0.3, 0.4) is 0 Å². The van der Waals surface area contributed by atoms with E-state index in [1.807, 2.05) is 30.3 Å². The van der Waals surface area contributed by atoms with Gasteiger partial charge in [0.1, 0.15) is 11.5 Å². The van der Waals surface area contributed by atoms with Crippen molar-refractivity contribution >= 4 is 34.8 Å². The van der Waals surface area contributed by atoms with Crippen LogP contribution < -0.4 is 20.7 Å². The van der Waals surface area contributed by atoms with E-state index < -0.39 is 11.8 Å². The lowest BCUT2D eigenvalue weighted by atomic mass is 10.2. The predicted molar refractivity (Wildman–Crippen MR) is 111 cm³/mol. The molecule has 3 rings (SSSR count). The van der Waals surface area contributed by atoms with Crippen molar-refractivity contribution in [3.63, 3.8) is 0 Å². The summed E-state index contributed by atoms with van der Waals surface area (Å²) in [4.78, 5) is 35.2. The van der Waals surface area contributed by atoms with Gasteiger partial charge in [0, 0.05) is 24.0 Å². The number of anilines is 3. The van der Waals surface area contributed by atoms with E-state index >= 15 is 0 Å². The molecule has 0 spiro atoms. The van der Waals surface area contributed by atoms with Gasteiger partial charge in [-0.2, -0.15) is 0 Å². The molecule has 7 heteroatoms. The summed E-state index contributed by atoms with van der Waals surface area (Å²) in [5.41, 5.74) is 1.50. The Morgan fingerprint density at radius 3 is 1.48 bits per heavy atom. The molecule has 0 aliphatic heterocycles. The quantitative estimate of drug-likeness (QED) is 0.574. The molecule has 0 saturated carbocycles. The molecule has 146 valence electrons. The van der Waals surface area contributed by atoms with Crippen molar-refractivity contribution in [1.82, 2.24) is 0 Å². The van der Waals surface area contributed by atoms with E-state index in [1.165, 1.54) is 6.92 Å². The molecular weight excluding hydrogens is 370 g/mol. The van der Waals surface area contributed by atoms with Crippen LogP contribution >= 0.6 is 0 Å². The van der Waals surface area contributed by atoms with E-state index in [9.17, 15) is 14.4 Å². The van der Waals surface area contributed by atoms with Crippen LogP contribution in [0.25, 0.3) is 0 Å². The van der Waals surface area contributed by atoms with Gasteiger partial charge < -0.3 is 20.7 Å². The fourth-order valence-corrected chi connectivity index (χ4v) is 2.45. The van der Waals surface area contributed by atoms with Crippen molar-refractivity contribution in [2.75, 3.05) is 16.0 Å². The third kappa shape index (κ3) is 5.93. The van der Waals surface area contributed by atoms with Gasteiger partial charge in [-0.25, -0.2) is 0 Å². The number of nitrogens with one attached hydrogen (secondary N) is 3. The van der Waals surface area contributed by atoms with Gasteiger partial charge in [-0.1, -0.05) is 18.2 Å². The molecule has 3 aromatic rings. The van der Waals surface area contributed by atoms with Gasteiger partial charge in [0.2, 0.25) is 5.91 Å². The van der Waals surface area contributed by atoms with E-state index in [2.05, 4.69) is 16.0 Å². The summed E-state index contributed by atoms with van der Waals surface area (Å²) < 4.78 is 5.68. The number of ether oxygens (including phenoxy) is 1. The highest BCUT2D eigenvalue weighted by atomic mass is 16.5. The minimum Gasteiger partial charge on any atom is -0.457 e. The normalized spacial score (nSPS) is 9.97. The van der Waals surface area contributed by atoms with E-state index in [4.69, 9.17) is 4.74 Å². The predicted octanol–water partition coefficient (Wildman–Crippen LogP) is 4.01. The summed E-state index contributed by atoms with van der Waals surface area (Å²) in [6, 6.07) is 22.4. The zero-order valence-corrected chi connectivity index (χ0v) is 15.6. The zero-order chi connectivity index (χ0) is 20.6. The van der Waals surface area contributed by atoms with Crippen LogP contribution in [0.1, 0.15) is 6.92 Å². The fourth-order valence-electron chi connectivity index (χ4n) is 2.45. The van der Waals surface area contributed by atoms with Crippen LogP contribution in [-0.2, 0) is 14.4 Å². The van der Waals surface area contributed by atoms with E-state index in [-0.39, 0.29) is 5.91 Å². The van der Waals surface area contributed by atoms with Crippen molar-refractivity contribution in [1.29, 1.82) is 0 Å². The third-order valence-corrected chi connectivity index (χ3v) is 3.76. The number of para-hydroxylation sites is 1. The SMILES string of the molecule is CC(=O)Nc1ccc(NC(=O)C(=O)Nc2ccc(Oc3ccccc3)cc2)cc1. The van der Waals surface area contributed by atoms with Gasteiger partial charge in [0.25, 0.3) is 0 Å². The summed E-state index contributed by atoms with van der Waals surface area (Å²) >= 11 is 0. The molecule has 3 aromatic carbocycles. The van der Waals surface area contributed by atoms with Crippen LogP contribution in [0.4, 0.5) is 17.1 Å². The largest absolute Gasteiger partial charge is 0.457 e. The Hall–Kier alpha value is -4.13. The molecule has 0 unspecified atom stereocenters. The molecule has 7 nitrogen and oxygen atoms in total. The minimum atomic E-state index is -0.804. The van der Waals surface area contributed by atoms with Crippen molar-refractivity contribution in [3.05, 3.63) is 78.9 Å². The first kappa shape index (κ1) is 19.6. The molecule has 3 amide bonds. The van der Waals surface area contributed by atoms with Crippen LogP contribution in [-0.4, -0.2) is 17.7 Å². The number of carbonyl (C=O) groups is 3. The summed E-state index contributed by atoms with van der Waals surface area (Å²) in [6.45, 7) is 1.40. The second-order valence-electron chi connectivity index (χ2n) is 6.11. The first-order chi connectivity index (χ1) is 14.0. The molecule has 0 atom stereocenters. The van der Waals surface area contributed by atoms with E-state index in [0.717, 1.165) is 0 Å². The summed E-state index contributed by atoms with van der Waals surface area (Å²) in [6.07, 6.45) is 0. The Morgan fingerprint density at radius 2 is 1.00 bits per heavy atom. The Bertz CT molecular complexity index is 1000. The Balaban J connectivity index is 1.54. The highest BCUT2D eigenvalue weighted by Crippen LogP contribution is 2.22. The second kappa shape index (κ2) is 9.18. The molecule has 0 fully saturated rings. The van der Waals surface area contributed by atoms with Crippen molar-refractivity contribution in [2.45, 2.75) is 6.92 Å². The Morgan fingerprint density at radius 1 is 0.586 bits per heavy atom. The smallest absolute Gasteiger partial charge is 0.314 e. The monoisotopic (exact) mass is 389 g/mol. The molecule has 0 saturated heterocycles. The summed E-state index contributed by atoms with van der Waals surface area (Å²) in [7, 11) is 0. The van der Waals surface area contributed by atoms with Gasteiger partial charge in [0.05, 0.1) is 0 Å². The first-order valence-corrected chi connectivity index (χ1v) is 8.82. The third-order valence-electron chi connectivity index (χ3n) is 3.76. The number of hydrogen-bond donors (Lipinski definition) is 3. The lowest BCUT2D eigenvalue weighted by Crippen LogP contribution is -2.29. The molecule has 0 bridgehead atoms. The average Bonchev–Trinajstić information content (AvgIpc) is 2.71. The van der Waals surface area contributed by atoms with E-state index in [1.54, 1.807) is 48.5 Å². The van der Waals surface area contributed by atoms with Gasteiger partial charge in [-0.15, -0.1) is 0 Å². The van der Waals surface area contributed by atoms with Gasteiger partial charge in [0.15, 0.2) is 0 Å². The van der Waals surface area contributed by atoms with Crippen molar-refractivity contribution < 1.29 is 19.1 Å². The molecule has 0 aliphatic rings. The maximum Gasteiger partial charge on any atom is 0.314 e. The number of hydrogen-bond acceptors (Lipinski definition) is 4. The minimum absolute atomic E-state index is 0.193. The van der Waals surface area contributed by atoms with Crippen LogP contribution in [0.15, 0.2) is 78.9 Å². The van der Waals surface area contributed by atoms with Crippen molar-refractivity contribution in [3.8, 4) is 11.5 Å². The Labute approximate surface area is 167 Å². The molecular formula is C22H19N3O4. The fraction of sp³-hybridized carbons (Fsp3) is 0.0455. The zero-order valence-electron chi connectivity index (χ0n) is 15.6. The number of rotatable bonds is 5. The number of benzene rings is 3. The lowest BCUT2D eigenvalue weighted by Gasteiger charge is -2.09. The maximum absolute atomic E-state index is 12.1. The van der Waals surface area contributed by atoms with Crippen molar-refractivity contribution in [2.24, 2.45) is 0 Å². The average molecular weight is 389 g/mol. The molecule has 29 heavy (non-hydrogen) atoms. The maximum atomic E-state index is 12.1. The molecule has 0 aliphatic carbocycles. The van der Waals surface area contributed by atoms with E-state index in [0.29, 0.717) is 28.6 Å². The summed E-state index contributed by atoms with van der Waals surface area (Å²) in [5.74, 6) is -0.484. The highest BCUT2D eigenvalue weighted by Gasteiger charge is 2.14. The van der Waals surface area contributed by atoms with Gasteiger partial charge >= 0.3 is 11.8 Å².